The van der Waals surface area contributed by atoms with Crippen LogP contribution in [0.25, 0.3) is 0 Å². The molecular formula is C8H15Br6N2Ta. The molecule has 0 fully saturated rings. The number of halogens is 6. The van der Waals surface area contributed by atoms with Gasteiger partial charge in [0.05, 0.1) is 13.6 Å². The molecule has 0 saturated heterocycles. The van der Waals surface area contributed by atoms with Crippen LogP contribution in [0.1, 0.15) is 19.8 Å². The summed E-state index contributed by atoms with van der Waals surface area (Å²) in [7, 11) is 2.04. The van der Waals surface area contributed by atoms with E-state index in [0.717, 1.165) is 6.54 Å². The first-order chi connectivity index (χ1) is 7.06. The summed E-state index contributed by atoms with van der Waals surface area (Å²) < 4.78 is 4.28. The maximum atomic E-state index is 3.36. The molecule has 0 N–H and O–H groups in total. The summed E-state index contributed by atoms with van der Waals surface area (Å²) in [4.78, 5) is 0. The van der Waals surface area contributed by atoms with Crippen LogP contribution in [0.15, 0.2) is 18.7 Å². The molecular weight excluding hydrogens is 784 g/mol. The van der Waals surface area contributed by atoms with E-state index in [1.54, 1.807) is 0 Å². The Morgan fingerprint density at radius 1 is 1.18 bits per heavy atom. The molecule has 0 radical (unpaired) electrons. The van der Waals surface area contributed by atoms with Crippen molar-refractivity contribution < 1.29 is 26.7 Å². The van der Waals surface area contributed by atoms with E-state index < -0.39 is 5.15 Å². The third-order valence-corrected chi connectivity index (χ3v) is 1.59. The van der Waals surface area contributed by atoms with E-state index in [0.29, 0.717) is 0 Å². The third-order valence-electron chi connectivity index (χ3n) is 1.59. The first-order valence-corrected chi connectivity index (χ1v) is 39.8. The molecule has 0 amide bonds. The van der Waals surface area contributed by atoms with Crippen LogP contribution in [0, 0.1) is 0 Å². The Morgan fingerprint density at radius 3 is 1.94 bits per heavy atom. The van der Waals surface area contributed by atoms with Gasteiger partial charge in [0.25, 0.3) is 0 Å². The van der Waals surface area contributed by atoms with Gasteiger partial charge in [-0.2, -0.15) is 0 Å². The first kappa shape index (κ1) is 22.1. The van der Waals surface area contributed by atoms with Gasteiger partial charge in [0.1, 0.15) is 12.4 Å². The van der Waals surface area contributed by atoms with Crippen LogP contribution in [0.5, 0.6) is 0 Å². The maximum absolute atomic E-state index is 3.36. The summed E-state index contributed by atoms with van der Waals surface area (Å²) in [6.07, 6.45) is 8.82. The number of aryl methyl sites for hydroxylation is 2. The molecule has 0 bridgehead atoms. The van der Waals surface area contributed by atoms with Gasteiger partial charge in [-0.3, -0.25) is 0 Å². The predicted octanol–water partition coefficient (Wildman–Crippen LogP) is 2.34. The molecule has 9 heteroatoms. The number of hydrogen-bond acceptors (Lipinski definition) is 0. The number of rotatable bonds is 3. The average molecular weight is 800 g/mol. The van der Waals surface area contributed by atoms with E-state index in [9.17, 15) is 0 Å². The SMILES string of the molecule is CCCCn1cc[n+](C)c1.[Br-].[Br][Ta]([Br])([Br])([Br])[Br]. The summed E-state index contributed by atoms with van der Waals surface area (Å²) in [6, 6.07) is 0. The van der Waals surface area contributed by atoms with Gasteiger partial charge in [-0.15, -0.1) is 0 Å². The molecule has 0 aliphatic heterocycles. The summed E-state index contributed by atoms with van der Waals surface area (Å²) in [6.45, 7) is 3.36. The Balaban J connectivity index is 0. The molecule has 1 rings (SSSR count). The first-order valence-electron chi connectivity index (χ1n) is 4.68. The van der Waals surface area contributed by atoms with Gasteiger partial charge in [0.2, 0.25) is 6.33 Å². The molecule has 0 aliphatic rings. The molecule has 1 aromatic heterocycles. The van der Waals surface area contributed by atoms with Crippen molar-refractivity contribution >= 4 is 65.1 Å². The van der Waals surface area contributed by atoms with Gasteiger partial charge >= 0.3 is 70.3 Å². The van der Waals surface area contributed by atoms with Crippen molar-refractivity contribution in [2.24, 2.45) is 7.05 Å². The zero-order chi connectivity index (χ0) is 12.8. The Morgan fingerprint density at radius 2 is 1.65 bits per heavy atom. The van der Waals surface area contributed by atoms with Crippen LogP contribution in [0.4, 0.5) is 0 Å². The molecule has 2 nitrogen and oxygen atoms in total. The van der Waals surface area contributed by atoms with Gasteiger partial charge in [-0.05, 0) is 6.42 Å². The molecule has 1 heterocycles. The van der Waals surface area contributed by atoms with Gasteiger partial charge in [-0.25, -0.2) is 9.13 Å². The summed E-state index contributed by atoms with van der Waals surface area (Å²) >= 11 is 16.8. The topological polar surface area (TPSA) is 8.81 Å². The third kappa shape index (κ3) is 21.3. The Bertz CT molecular complexity index is 302. The van der Waals surface area contributed by atoms with E-state index in [1.165, 1.54) is 12.8 Å². The van der Waals surface area contributed by atoms with Crippen LogP contribution in [0.2, 0.25) is 0 Å². The second-order valence-electron chi connectivity index (χ2n) is 3.31. The van der Waals surface area contributed by atoms with E-state index in [2.05, 4.69) is 99.9 Å². The Hall–Kier alpha value is 2.83. The van der Waals surface area contributed by atoms with Crippen molar-refractivity contribution in [2.75, 3.05) is 0 Å². The molecule has 1 aromatic rings. The van der Waals surface area contributed by atoms with Crippen LogP contribution in [-0.2, 0) is 18.7 Å². The summed E-state index contributed by atoms with van der Waals surface area (Å²) in [5.41, 5.74) is 0. The zero-order valence-corrected chi connectivity index (χ0v) is 22.2. The zero-order valence-electron chi connectivity index (χ0n) is 9.46. The van der Waals surface area contributed by atoms with Crippen molar-refractivity contribution in [3.8, 4) is 0 Å². The normalized spacial score (nSPS) is 12.8. The van der Waals surface area contributed by atoms with Gasteiger partial charge < -0.3 is 17.0 Å². The van der Waals surface area contributed by atoms with E-state index in [-0.39, 0.29) is 17.0 Å². The Labute approximate surface area is 146 Å². The number of unbranched alkanes of at least 4 members (excludes halogenated alkanes) is 1. The molecule has 0 spiro atoms. The second kappa shape index (κ2) is 9.71. The van der Waals surface area contributed by atoms with Crippen molar-refractivity contribution in [3.05, 3.63) is 18.7 Å². The molecule has 0 aromatic carbocycles. The van der Waals surface area contributed by atoms with Gasteiger partial charge in [-0.1, -0.05) is 13.3 Å². The van der Waals surface area contributed by atoms with Crippen molar-refractivity contribution in [1.29, 1.82) is 0 Å². The van der Waals surface area contributed by atoms with Crippen molar-refractivity contribution in [3.63, 3.8) is 0 Å². The van der Waals surface area contributed by atoms with Gasteiger partial charge in [0.15, 0.2) is 0 Å². The Kier molecular flexibility index (Phi) is 12.6. The number of imidazole rings is 1. The number of nitrogens with zero attached hydrogens (tertiary/aromatic N) is 2. The van der Waals surface area contributed by atoms with E-state index >= 15 is 0 Å². The standard InChI is InChI=1S/C8H15N2.6BrH.Ta/c1-3-4-5-10-7-6-9(2)8-10;;;;;;;/h6-8H,3-5H2,1-2H3;6*1H;/q+1;;;;;;;+5/p-6. The number of hydrogen-bond donors (Lipinski definition) is 0. The van der Waals surface area contributed by atoms with Crippen molar-refractivity contribution in [2.45, 2.75) is 26.3 Å². The summed E-state index contributed by atoms with van der Waals surface area (Å²) in [5, 5.41) is -2.74. The molecule has 17 heavy (non-hydrogen) atoms. The fraction of sp³-hybridized carbons (Fsp3) is 0.625. The number of aromatic nitrogens is 2. The predicted molar refractivity (Wildman–Crippen MR) is 85.2 cm³/mol. The molecule has 0 saturated carbocycles. The summed E-state index contributed by atoms with van der Waals surface area (Å²) in [5.74, 6) is 0. The van der Waals surface area contributed by atoms with Crippen molar-refractivity contribution in [1.82, 2.24) is 4.57 Å². The fourth-order valence-corrected chi connectivity index (χ4v) is 0.975. The quantitative estimate of drug-likeness (QED) is 0.416. The van der Waals surface area contributed by atoms with E-state index in [4.69, 9.17) is 0 Å². The fourth-order valence-electron chi connectivity index (χ4n) is 0.975. The monoisotopic (exact) mass is 794 g/mol. The van der Waals surface area contributed by atoms with Crippen LogP contribution in [-0.4, -0.2) is 4.57 Å². The second-order valence-corrected chi connectivity index (χ2v) is 144. The molecule has 0 aliphatic carbocycles. The average Bonchev–Trinajstić information content (AvgIpc) is 2.43. The van der Waals surface area contributed by atoms with Gasteiger partial charge in [0, 0.05) is 0 Å². The van der Waals surface area contributed by atoms with Crippen LogP contribution >= 0.6 is 65.1 Å². The molecule has 0 atom stereocenters. The van der Waals surface area contributed by atoms with E-state index in [1.807, 2.05) is 7.05 Å². The van der Waals surface area contributed by atoms with Crippen LogP contribution in [0.3, 0.4) is 0 Å². The van der Waals surface area contributed by atoms with Crippen LogP contribution < -0.4 is 21.5 Å². The minimum atomic E-state index is -2.74. The minimum absolute atomic E-state index is 0. The molecule has 0 unspecified atom stereocenters. The molecule has 104 valence electrons.